The van der Waals surface area contributed by atoms with Crippen LogP contribution in [0.1, 0.15) is 6.92 Å². The van der Waals surface area contributed by atoms with Crippen molar-refractivity contribution in [3.8, 4) is 5.75 Å². The SMILES string of the molecule is COc1cc(Br)cc(NC(C)C(=O)O)c1. The number of anilines is 1. The van der Waals surface area contributed by atoms with Gasteiger partial charge < -0.3 is 15.2 Å². The number of carbonyl (C=O) groups is 1. The summed E-state index contributed by atoms with van der Waals surface area (Å²) < 4.78 is 5.90. The highest BCUT2D eigenvalue weighted by Crippen LogP contribution is 2.24. The number of methoxy groups -OCH3 is 1. The molecule has 0 spiro atoms. The molecule has 1 unspecified atom stereocenters. The largest absolute Gasteiger partial charge is 0.497 e. The fourth-order valence-corrected chi connectivity index (χ4v) is 1.55. The van der Waals surface area contributed by atoms with Gasteiger partial charge >= 0.3 is 5.97 Å². The van der Waals surface area contributed by atoms with Crippen molar-refractivity contribution in [3.05, 3.63) is 22.7 Å². The summed E-state index contributed by atoms with van der Waals surface area (Å²) in [6, 6.07) is 4.70. The highest BCUT2D eigenvalue weighted by Gasteiger charge is 2.10. The second kappa shape index (κ2) is 5.02. The number of carboxylic acid groups (broad SMARTS) is 1. The molecule has 0 aliphatic rings. The molecule has 1 aromatic carbocycles. The van der Waals surface area contributed by atoms with E-state index >= 15 is 0 Å². The Morgan fingerprint density at radius 1 is 1.53 bits per heavy atom. The van der Waals surface area contributed by atoms with Gasteiger partial charge in [0.1, 0.15) is 11.8 Å². The van der Waals surface area contributed by atoms with E-state index in [1.54, 1.807) is 32.2 Å². The molecule has 0 heterocycles. The Balaban J connectivity index is 2.85. The second-order valence-corrected chi connectivity index (χ2v) is 4.00. The molecule has 0 aliphatic heterocycles. The van der Waals surface area contributed by atoms with E-state index < -0.39 is 12.0 Å². The minimum atomic E-state index is -0.894. The Morgan fingerprint density at radius 3 is 2.73 bits per heavy atom. The minimum Gasteiger partial charge on any atom is -0.497 e. The van der Waals surface area contributed by atoms with Gasteiger partial charge in [-0.3, -0.25) is 4.79 Å². The molecule has 0 amide bonds. The first-order valence-electron chi connectivity index (χ1n) is 4.37. The van der Waals surface area contributed by atoms with Gasteiger partial charge in [0.15, 0.2) is 0 Å². The number of rotatable bonds is 4. The van der Waals surface area contributed by atoms with E-state index in [1.807, 2.05) is 0 Å². The van der Waals surface area contributed by atoms with Crippen molar-refractivity contribution in [2.75, 3.05) is 12.4 Å². The molecule has 4 nitrogen and oxygen atoms in total. The smallest absolute Gasteiger partial charge is 0.325 e. The van der Waals surface area contributed by atoms with Crippen molar-refractivity contribution >= 4 is 27.6 Å². The van der Waals surface area contributed by atoms with E-state index in [1.165, 1.54) is 0 Å². The van der Waals surface area contributed by atoms with Gasteiger partial charge in [0.25, 0.3) is 0 Å². The highest BCUT2D eigenvalue weighted by molar-refractivity contribution is 9.10. The molecule has 0 saturated carbocycles. The molecule has 82 valence electrons. The summed E-state index contributed by atoms with van der Waals surface area (Å²) in [7, 11) is 1.56. The molecule has 5 heteroatoms. The van der Waals surface area contributed by atoms with Crippen molar-refractivity contribution in [1.29, 1.82) is 0 Å². The van der Waals surface area contributed by atoms with Crippen LogP contribution in [0.15, 0.2) is 22.7 Å². The summed E-state index contributed by atoms with van der Waals surface area (Å²) >= 11 is 3.31. The van der Waals surface area contributed by atoms with Crippen molar-refractivity contribution in [1.82, 2.24) is 0 Å². The highest BCUT2D eigenvalue weighted by atomic mass is 79.9. The first-order chi connectivity index (χ1) is 7.02. The lowest BCUT2D eigenvalue weighted by Crippen LogP contribution is -2.25. The maximum absolute atomic E-state index is 10.6. The van der Waals surface area contributed by atoms with Crippen LogP contribution in [0.2, 0.25) is 0 Å². The quantitative estimate of drug-likeness (QED) is 0.884. The molecular weight excluding hydrogens is 262 g/mol. The van der Waals surface area contributed by atoms with Crippen LogP contribution in [0.3, 0.4) is 0 Å². The van der Waals surface area contributed by atoms with E-state index in [-0.39, 0.29) is 0 Å². The summed E-state index contributed by atoms with van der Waals surface area (Å²) in [6.07, 6.45) is 0. The molecule has 0 fully saturated rings. The van der Waals surface area contributed by atoms with E-state index in [0.29, 0.717) is 11.4 Å². The molecule has 1 aromatic rings. The van der Waals surface area contributed by atoms with Gasteiger partial charge in [-0.15, -0.1) is 0 Å². The number of halogens is 1. The van der Waals surface area contributed by atoms with E-state index in [0.717, 1.165) is 4.47 Å². The first-order valence-corrected chi connectivity index (χ1v) is 5.16. The van der Waals surface area contributed by atoms with Gasteiger partial charge in [0.2, 0.25) is 0 Å². The molecule has 0 aromatic heterocycles. The van der Waals surface area contributed by atoms with Gasteiger partial charge in [-0.25, -0.2) is 0 Å². The lowest BCUT2D eigenvalue weighted by Gasteiger charge is -2.12. The third kappa shape index (κ3) is 3.43. The van der Waals surface area contributed by atoms with Crippen molar-refractivity contribution in [3.63, 3.8) is 0 Å². The predicted octanol–water partition coefficient (Wildman–Crippen LogP) is 2.34. The van der Waals surface area contributed by atoms with Gasteiger partial charge in [0, 0.05) is 16.2 Å². The van der Waals surface area contributed by atoms with Crippen LogP contribution >= 0.6 is 15.9 Å². The fourth-order valence-electron chi connectivity index (χ4n) is 1.08. The second-order valence-electron chi connectivity index (χ2n) is 3.08. The maximum atomic E-state index is 10.6. The fraction of sp³-hybridized carbons (Fsp3) is 0.300. The van der Waals surface area contributed by atoms with Crippen LogP contribution in [-0.2, 0) is 4.79 Å². The molecule has 0 aliphatic carbocycles. The standard InChI is InChI=1S/C10H12BrNO3/c1-6(10(13)14)12-8-3-7(11)4-9(5-8)15-2/h3-6,12H,1-2H3,(H,13,14). The number of aliphatic carboxylic acids is 1. The predicted molar refractivity (Wildman–Crippen MR) is 61.4 cm³/mol. The summed E-state index contributed by atoms with van der Waals surface area (Å²) in [5, 5.41) is 11.6. The van der Waals surface area contributed by atoms with Crippen LogP contribution in [0.25, 0.3) is 0 Å². The Labute approximate surface area is 96.4 Å². The van der Waals surface area contributed by atoms with Gasteiger partial charge in [-0.05, 0) is 19.1 Å². The van der Waals surface area contributed by atoms with Crippen molar-refractivity contribution in [2.45, 2.75) is 13.0 Å². The number of carboxylic acids is 1. The number of hydrogen-bond donors (Lipinski definition) is 2. The summed E-state index contributed by atoms with van der Waals surface area (Å²) in [5.74, 6) is -0.224. The average Bonchev–Trinajstić information content (AvgIpc) is 2.16. The molecule has 2 N–H and O–H groups in total. The molecule has 0 saturated heterocycles. The van der Waals surface area contributed by atoms with E-state index in [9.17, 15) is 4.79 Å². The molecule has 0 radical (unpaired) electrons. The minimum absolute atomic E-state index is 0.635. The zero-order chi connectivity index (χ0) is 11.4. The molecule has 15 heavy (non-hydrogen) atoms. The molecule has 0 bridgehead atoms. The average molecular weight is 274 g/mol. The summed E-state index contributed by atoms with van der Waals surface area (Å²) in [4.78, 5) is 10.6. The van der Waals surface area contributed by atoms with Gasteiger partial charge in [-0.1, -0.05) is 15.9 Å². The van der Waals surface area contributed by atoms with E-state index in [2.05, 4.69) is 21.2 Å². The van der Waals surface area contributed by atoms with Crippen LogP contribution in [0, 0.1) is 0 Å². The topological polar surface area (TPSA) is 58.6 Å². The number of hydrogen-bond acceptors (Lipinski definition) is 3. The zero-order valence-electron chi connectivity index (χ0n) is 8.45. The van der Waals surface area contributed by atoms with Crippen LogP contribution in [0.4, 0.5) is 5.69 Å². The Morgan fingerprint density at radius 2 is 2.20 bits per heavy atom. The zero-order valence-corrected chi connectivity index (χ0v) is 10.0. The normalized spacial score (nSPS) is 11.9. The first kappa shape index (κ1) is 11.8. The van der Waals surface area contributed by atoms with Crippen molar-refractivity contribution < 1.29 is 14.6 Å². The Kier molecular flexibility index (Phi) is 3.96. The monoisotopic (exact) mass is 273 g/mol. The third-order valence-electron chi connectivity index (χ3n) is 1.86. The number of ether oxygens (including phenoxy) is 1. The summed E-state index contributed by atoms with van der Waals surface area (Å²) in [6.45, 7) is 1.58. The molecule has 1 atom stereocenters. The summed E-state index contributed by atoms with van der Waals surface area (Å²) in [5.41, 5.74) is 0.705. The molecular formula is C10H12BrNO3. The number of benzene rings is 1. The maximum Gasteiger partial charge on any atom is 0.325 e. The van der Waals surface area contributed by atoms with Crippen LogP contribution < -0.4 is 10.1 Å². The van der Waals surface area contributed by atoms with Crippen LogP contribution in [-0.4, -0.2) is 24.2 Å². The third-order valence-corrected chi connectivity index (χ3v) is 2.32. The Bertz CT molecular complexity index is 368. The van der Waals surface area contributed by atoms with Gasteiger partial charge in [-0.2, -0.15) is 0 Å². The Hall–Kier alpha value is -1.23. The molecule has 1 rings (SSSR count). The van der Waals surface area contributed by atoms with Crippen LogP contribution in [0.5, 0.6) is 5.75 Å². The number of nitrogens with one attached hydrogen (secondary N) is 1. The lowest BCUT2D eigenvalue weighted by atomic mass is 10.2. The van der Waals surface area contributed by atoms with E-state index in [4.69, 9.17) is 9.84 Å². The lowest BCUT2D eigenvalue weighted by molar-refractivity contribution is -0.137. The van der Waals surface area contributed by atoms with Crippen molar-refractivity contribution in [2.24, 2.45) is 0 Å². The van der Waals surface area contributed by atoms with Gasteiger partial charge in [0.05, 0.1) is 7.11 Å².